The van der Waals surface area contributed by atoms with E-state index < -0.39 is 17.4 Å². The third-order valence-electron chi connectivity index (χ3n) is 3.48. The van der Waals surface area contributed by atoms with E-state index in [0.29, 0.717) is 0 Å². The van der Waals surface area contributed by atoms with Crippen LogP contribution in [0.5, 0.6) is 11.5 Å². The highest BCUT2D eigenvalue weighted by Gasteiger charge is 2.48. The zero-order valence-corrected chi connectivity index (χ0v) is 13.4. The van der Waals surface area contributed by atoms with Gasteiger partial charge >= 0.3 is 5.97 Å². The fraction of sp³-hybridized carbons (Fsp3) is 0.222. The lowest BCUT2D eigenvalue weighted by Gasteiger charge is -2.25. The molecular weight excluding hydrogens is 312 g/mol. The van der Waals surface area contributed by atoms with E-state index in [4.69, 9.17) is 9.47 Å². The van der Waals surface area contributed by atoms with Crippen molar-refractivity contribution < 1.29 is 29.3 Å². The van der Waals surface area contributed by atoms with Crippen LogP contribution in [0.2, 0.25) is 0 Å². The maximum atomic E-state index is 12.8. The third-order valence-corrected chi connectivity index (χ3v) is 3.48. The summed E-state index contributed by atoms with van der Waals surface area (Å²) < 4.78 is 9.91. The van der Waals surface area contributed by atoms with Crippen molar-refractivity contribution >= 4 is 11.8 Å². The minimum atomic E-state index is -2.59. The van der Waals surface area contributed by atoms with Gasteiger partial charge in [0.1, 0.15) is 11.5 Å². The number of ether oxygens (including phenoxy) is 2. The Hall–Kier alpha value is -2.86. The summed E-state index contributed by atoms with van der Waals surface area (Å²) in [5.41, 5.74) is -2.59. The molecule has 0 unspecified atom stereocenters. The smallest absolute Gasteiger partial charge is 0.351 e. The molecule has 1 atom stereocenters. The number of rotatable bonds is 6. The summed E-state index contributed by atoms with van der Waals surface area (Å²) >= 11 is 0. The molecule has 2 aromatic carbocycles. The molecule has 6 heteroatoms. The summed E-state index contributed by atoms with van der Waals surface area (Å²) in [6, 6.07) is 11.6. The molecule has 2 aromatic rings. The topological polar surface area (TPSA) is 93.1 Å². The summed E-state index contributed by atoms with van der Waals surface area (Å²) in [5, 5.41) is 20.8. The molecule has 0 saturated heterocycles. The van der Waals surface area contributed by atoms with Crippen LogP contribution in [0.25, 0.3) is 0 Å². The van der Waals surface area contributed by atoms with Gasteiger partial charge in [-0.3, -0.25) is 4.79 Å². The van der Waals surface area contributed by atoms with Crippen molar-refractivity contribution in [1.82, 2.24) is 0 Å². The lowest BCUT2D eigenvalue weighted by molar-refractivity contribution is -0.160. The zero-order chi connectivity index (χ0) is 17.7. The van der Waals surface area contributed by atoms with Crippen LogP contribution < -0.4 is 4.74 Å². The van der Waals surface area contributed by atoms with E-state index in [9.17, 15) is 19.8 Å². The molecule has 0 spiro atoms. The molecule has 0 fully saturated rings. The molecule has 24 heavy (non-hydrogen) atoms. The first-order valence-electron chi connectivity index (χ1n) is 7.31. The predicted molar refractivity (Wildman–Crippen MR) is 86.0 cm³/mol. The normalized spacial score (nSPS) is 13.0. The number of carbonyl (C=O) groups excluding carboxylic acids is 2. The Morgan fingerprint density at radius 2 is 1.79 bits per heavy atom. The van der Waals surface area contributed by atoms with Gasteiger partial charge in [-0.05, 0) is 19.1 Å². The number of Topliss-reactive ketones (excluding diaryl/α,β-unsaturated/α-hetero) is 1. The third kappa shape index (κ3) is 3.23. The van der Waals surface area contributed by atoms with E-state index in [-0.39, 0.29) is 29.2 Å². The summed E-state index contributed by atoms with van der Waals surface area (Å²) in [6.45, 7) is 1.55. The van der Waals surface area contributed by atoms with Gasteiger partial charge in [0.15, 0.2) is 0 Å². The van der Waals surface area contributed by atoms with Crippen molar-refractivity contribution in [2.75, 3.05) is 13.7 Å². The molecule has 0 aliphatic heterocycles. The van der Waals surface area contributed by atoms with Gasteiger partial charge in [0, 0.05) is 17.2 Å². The second-order valence-corrected chi connectivity index (χ2v) is 5.05. The van der Waals surface area contributed by atoms with Gasteiger partial charge in [0.2, 0.25) is 5.78 Å². The molecule has 0 saturated carbocycles. The molecule has 6 nitrogen and oxygen atoms in total. The number of benzene rings is 2. The Labute approximate surface area is 139 Å². The number of aliphatic hydroxyl groups is 1. The molecule has 126 valence electrons. The van der Waals surface area contributed by atoms with Crippen LogP contribution in [0.1, 0.15) is 22.8 Å². The highest BCUT2D eigenvalue weighted by molar-refractivity contribution is 6.15. The average molecular weight is 330 g/mol. The fourth-order valence-electron chi connectivity index (χ4n) is 2.29. The summed E-state index contributed by atoms with van der Waals surface area (Å²) in [5.74, 6) is -2.04. The largest absolute Gasteiger partial charge is 0.508 e. The van der Waals surface area contributed by atoms with E-state index in [0.717, 1.165) is 6.07 Å². The Balaban J connectivity index is 2.62. The molecule has 0 aliphatic rings. The van der Waals surface area contributed by atoms with E-state index in [1.165, 1.54) is 31.4 Å². The van der Waals surface area contributed by atoms with Crippen LogP contribution in [-0.4, -0.2) is 35.7 Å². The average Bonchev–Trinajstić information content (AvgIpc) is 2.60. The molecule has 0 aliphatic carbocycles. The van der Waals surface area contributed by atoms with Gasteiger partial charge in [0.05, 0.1) is 13.7 Å². The first-order chi connectivity index (χ1) is 11.4. The fourth-order valence-corrected chi connectivity index (χ4v) is 2.29. The van der Waals surface area contributed by atoms with E-state index >= 15 is 0 Å². The summed E-state index contributed by atoms with van der Waals surface area (Å²) in [7, 11) is 1.36. The van der Waals surface area contributed by atoms with Crippen molar-refractivity contribution in [3.05, 3.63) is 59.7 Å². The molecule has 0 aromatic heterocycles. The lowest BCUT2D eigenvalue weighted by atomic mass is 9.85. The van der Waals surface area contributed by atoms with Crippen molar-refractivity contribution in [2.24, 2.45) is 0 Å². The maximum Gasteiger partial charge on any atom is 0.351 e. The number of carbonyl (C=O) groups is 2. The molecule has 2 rings (SSSR count). The second kappa shape index (κ2) is 7.14. The number of esters is 1. The van der Waals surface area contributed by atoms with Gasteiger partial charge in [-0.15, -0.1) is 0 Å². The molecule has 0 heterocycles. The molecular formula is C18H18O6. The Bertz CT molecular complexity index is 740. The molecule has 2 N–H and O–H groups in total. The Morgan fingerprint density at radius 3 is 2.38 bits per heavy atom. The van der Waals surface area contributed by atoms with Gasteiger partial charge in [-0.2, -0.15) is 0 Å². The van der Waals surface area contributed by atoms with Crippen molar-refractivity contribution in [1.29, 1.82) is 0 Å². The lowest BCUT2D eigenvalue weighted by Crippen LogP contribution is -2.45. The van der Waals surface area contributed by atoms with Crippen LogP contribution in [-0.2, 0) is 15.1 Å². The van der Waals surface area contributed by atoms with Crippen molar-refractivity contribution in [2.45, 2.75) is 12.5 Å². The number of phenols is 1. The summed E-state index contributed by atoms with van der Waals surface area (Å²) in [4.78, 5) is 25.2. The minimum Gasteiger partial charge on any atom is -0.508 e. The highest BCUT2D eigenvalue weighted by atomic mass is 16.5. The van der Waals surface area contributed by atoms with E-state index in [2.05, 4.69) is 0 Å². The maximum absolute atomic E-state index is 12.8. The molecule has 0 bridgehead atoms. The van der Waals surface area contributed by atoms with E-state index in [1.807, 2.05) is 0 Å². The Morgan fingerprint density at radius 1 is 1.12 bits per heavy atom. The predicted octanol–water partition coefficient (Wildman–Crippen LogP) is 2.03. The van der Waals surface area contributed by atoms with Crippen LogP contribution in [0.4, 0.5) is 0 Å². The van der Waals surface area contributed by atoms with Crippen molar-refractivity contribution in [3.63, 3.8) is 0 Å². The monoisotopic (exact) mass is 330 g/mol. The van der Waals surface area contributed by atoms with Crippen LogP contribution in [0.15, 0.2) is 48.5 Å². The first kappa shape index (κ1) is 17.5. The number of ketones is 1. The van der Waals surface area contributed by atoms with Crippen LogP contribution in [0.3, 0.4) is 0 Å². The standard InChI is InChI=1S/C18H18O6/c1-3-24-17(21)18(22,16(20)12-7-5-4-6-8-12)13-9-14(19)11-15(10-13)23-2/h4-11,19,22H,3H2,1-2H3/t18-/m1/s1. The van der Waals surface area contributed by atoms with Crippen molar-refractivity contribution in [3.8, 4) is 11.5 Å². The van der Waals surface area contributed by atoms with E-state index in [1.54, 1.807) is 25.1 Å². The van der Waals surface area contributed by atoms with Gasteiger partial charge in [-0.25, -0.2) is 4.79 Å². The summed E-state index contributed by atoms with van der Waals surface area (Å²) in [6.07, 6.45) is 0. The van der Waals surface area contributed by atoms with Crippen LogP contribution >= 0.6 is 0 Å². The number of phenolic OH excluding ortho intramolecular Hbond substituents is 1. The molecule has 0 radical (unpaired) electrons. The van der Waals surface area contributed by atoms with Crippen LogP contribution in [0, 0.1) is 0 Å². The highest BCUT2D eigenvalue weighted by Crippen LogP contribution is 2.33. The quantitative estimate of drug-likeness (QED) is 0.478. The number of hydrogen-bond acceptors (Lipinski definition) is 6. The minimum absolute atomic E-state index is 0.0147. The number of aromatic hydroxyl groups is 1. The van der Waals surface area contributed by atoms with Gasteiger partial charge < -0.3 is 19.7 Å². The Kier molecular flexibility index (Phi) is 5.21. The second-order valence-electron chi connectivity index (χ2n) is 5.05. The van der Waals surface area contributed by atoms with Gasteiger partial charge in [-0.1, -0.05) is 30.3 Å². The molecule has 0 amide bonds. The number of hydrogen-bond donors (Lipinski definition) is 2. The first-order valence-corrected chi connectivity index (χ1v) is 7.31. The SMILES string of the molecule is CCOC(=O)[C@](O)(C(=O)c1ccccc1)c1cc(O)cc(OC)c1. The van der Waals surface area contributed by atoms with Gasteiger partial charge in [0.25, 0.3) is 5.60 Å². The number of methoxy groups -OCH3 is 1. The zero-order valence-electron chi connectivity index (χ0n) is 13.4.